The molecule has 0 atom stereocenters. The average Bonchev–Trinajstić information content (AvgIpc) is 2.88. The number of hydrogen-bond acceptors (Lipinski definition) is 4. The Balaban J connectivity index is 1.56. The third-order valence-corrected chi connectivity index (χ3v) is 6.04. The van der Waals surface area contributed by atoms with Crippen LogP contribution in [0.1, 0.15) is 11.1 Å². The smallest absolute Gasteiger partial charge is 0.266 e. The maximum atomic E-state index is 12.7. The second kappa shape index (κ2) is 11.0. The van der Waals surface area contributed by atoms with Gasteiger partial charge in [0.05, 0.1) is 17.2 Å². The van der Waals surface area contributed by atoms with Gasteiger partial charge in [0.1, 0.15) is 18.2 Å². The molecule has 1 amide bonds. The topological polar surface area (TPSA) is 71.3 Å². The normalized spacial score (nSPS) is 11.1. The Hall–Kier alpha value is -3.98. The van der Waals surface area contributed by atoms with Gasteiger partial charge in [-0.3, -0.25) is 4.79 Å². The number of amides is 1. The van der Waals surface area contributed by atoms with Crippen molar-refractivity contribution in [1.82, 2.24) is 0 Å². The molecule has 0 fully saturated rings. The van der Waals surface area contributed by atoms with Crippen molar-refractivity contribution >= 4 is 51.6 Å². The number of carbonyl (C=O) groups excluding carboxylic acids is 1. The number of benzene rings is 4. The number of methoxy groups -OCH3 is 1. The summed E-state index contributed by atoms with van der Waals surface area (Å²) in [5, 5.41) is 15.1. The average molecular weight is 503 g/mol. The van der Waals surface area contributed by atoms with Crippen LogP contribution in [0, 0.1) is 11.3 Å². The number of carbonyl (C=O) groups is 1. The molecule has 0 bridgehead atoms. The van der Waals surface area contributed by atoms with Gasteiger partial charge in [0, 0.05) is 5.69 Å². The summed E-state index contributed by atoms with van der Waals surface area (Å²) in [7, 11) is 1.56. The van der Waals surface area contributed by atoms with Crippen LogP contribution in [-0.2, 0) is 11.4 Å². The van der Waals surface area contributed by atoms with E-state index in [0.717, 1.165) is 16.3 Å². The molecule has 0 aliphatic rings. The van der Waals surface area contributed by atoms with Crippen LogP contribution in [0.25, 0.3) is 16.8 Å². The van der Waals surface area contributed by atoms with Crippen LogP contribution in [0.5, 0.6) is 11.5 Å². The minimum absolute atomic E-state index is 0.0822. The molecule has 0 saturated carbocycles. The number of nitriles is 1. The molecule has 0 aliphatic carbocycles. The lowest BCUT2D eigenvalue weighted by atomic mass is 10.1. The SMILES string of the molecule is COc1ccc(/C=C(\C#N)C(=O)Nc2ccc(Cl)c(Cl)c2)cc1OCc1cccc2ccccc12. The predicted octanol–water partition coefficient (Wildman–Crippen LogP) is 7.28. The summed E-state index contributed by atoms with van der Waals surface area (Å²) < 4.78 is 11.5. The van der Waals surface area contributed by atoms with Crippen LogP contribution in [0.15, 0.2) is 84.4 Å². The number of ether oxygens (including phenoxy) is 2. The first-order valence-corrected chi connectivity index (χ1v) is 11.4. The highest BCUT2D eigenvalue weighted by Gasteiger charge is 2.13. The highest BCUT2D eigenvalue weighted by molar-refractivity contribution is 6.42. The summed E-state index contributed by atoms with van der Waals surface area (Å²) in [5.41, 5.74) is 1.99. The standard InChI is InChI=1S/C28H20Cl2N2O3/c1-34-26-12-9-18(13-21(16-31)28(33)32-22-10-11-24(29)25(30)15-22)14-27(26)35-17-20-7-4-6-19-5-2-3-8-23(19)20/h2-15H,17H2,1H3,(H,32,33)/b21-13+. The lowest BCUT2D eigenvalue weighted by Gasteiger charge is -2.13. The van der Waals surface area contributed by atoms with Crippen molar-refractivity contribution < 1.29 is 14.3 Å². The van der Waals surface area contributed by atoms with E-state index in [0.29, 0.717) is 39.4 Å². The third-order valence-electron chi connectivity index (χ3n) is 5.30. The number of nitrogens with zero attached hydrogens (tertiary/aromatic N) is 1. The fourth-order valence-corrected chi connectivity index (χ4v) is 3.86. The molecule has 35 heavy (non-hydrogen) atoms. The summed E-state index contributed by atoms with van der Waals surface area (Å²) in [5.74, 6) is 0.470. The van der Waals surface area contributed by atoms with Crippen LogP contribution < -0.4 is 14.8 Å². The number of halogens is 2. The van der Waals surface area contributed by atoms with Gasteiger partial charge in [0.25, 0.3) is 5.91 Å². The van der Waals surface area contributed by atoms with Gasteiger partial charge >= 0.3 is 0 Å². The first-order valence-electron chi connectivity index (χ1n) is 10.6. The van der Waals surface area contributed by atoms with E-state index in [9.17, 15) is 10.1 Å². The van der Waals surface area contributed by atoms with Gasteiger partial charge < -0.3 is 14.8 Å². The van der Waals surface area contributed by atoms with Crippen LogP contribution in [0.3, 0.4) is 0 Å². The van der Waals surface area contributed by atoms with E-state index >= 15 is 0 Å². The van der Waals surface area contributed by atoms with Crippen molar-refractivity contribution in [2.45, 2.75) is 6.61 Å². The number of fused-ring (bicyclic) bond motifs is 1. The molecule has 5 nitrogen and oxygen atoms in total. The number of anilines is 1. The summed E-state index contributed by atoms with van der Waals surface area (Å²) >= 11 is 11.9. The van der Waals surface area contributed by atoms with Gasteiger partial charge in [-0.1, -0.05) is 71.7 Å². The van der Waals surface area contributed by atoms with E-state index in [1.165, 1.54) is 12.1 Å². The molecule has 174 valence electrons. The molecule has 0 saturated heterocycles. The highest BCUT2D eigenvalue weighted by atomic mass is 35.5. The summed E-state index contributed by atoms with van der Waals surface area (Å²) in [6.45, 7) is 0.327. The maximum absolute atomic E-state index is 12.7. The van der Waals surface area contributed by atoms with Crippen molar-refractivity contribution in [3.05, 3.63) is 106 Å². The van der Waals surface area contributed by atoms with Crippen molar-refractivity contribution in [2.75, 3.05) is 12.4 Å². The molecular formula is C28H20Cl2N2O3. The van der Waals surface area contributed by atoms with Crippen molar-refractivity contribution in [3.8, 4) is 17.6 Å². The summed E-state index contributed by atoms with van der Waals surface area (Å²) in [6, 6.07) is 26.0. The molecule has 0 aromatic heterocycles. The number of rotatable bonds is 7. The van der Waals surface area contributed by atoms with Gasteiger partial charge in [0.2, 0.25) is 0 Å². The van der Waals surface area contributed by atoms with Crippen LogP contribution in [-0.4, -0.2) is 13.0 Å². The van der Waals surface area contributed by atoms with E-state index < -0.39 is 5.91 Å². The molecular weight excluding hydrogens is 483 g/mol. The van der Waals surface area contributed by atoms with E-state index in [1.807, 2.05) is 30.3 Å². The predicted molar refractivity (Wildman–Crippen MR) is 140 cm³/mol. The van der Waals surface area contributed by atoms with Crippen molar-refractivity contribution in [1.29, 1.82) is 5.26 Å². The molecule has 0 radical (unpaired) electrons. The van der Waals surface area contributed by atoms with E-state index in [4.69, 9.17) is 32.7 Å². The molecule has 7 heteroatoms. The zero-order chi connectivity index (χ0) is 24.8. The molecule has 0 heterocycles. The van der Waals surface area contributed by atoms with Crippen LogP contribution in [0.4, 0.5) is 5.69 Å². The second-order valence-electron chi connectivity index (χ2n) is 7.59. The van der Waals surface area contributed by atoms with E-state index in [2.05, 4.69) is 23.5 Å². The van der Waals surface area contributed by atoms with Gasteiger partial charge in [-0.15, -0.1) is 0 Å². The largest absolute Gasteiger partial charge is 0.493 e. The minimum atomic E-state index is -0.570. The first kappa shape index (κ1) is 24.2. The van der Waals surface area contributed by atoms with E-state index in [-0.39, 0.29) is 5.57 Å². The van der Waals surface area contributed by atoms with Gasteiger partial charge in [-0.25, -0.2) is 0 Å². The van der Waals surface area contributed by atoms with E-state index in [1.54, 1.807) is 37.4 Å². The lowest BCUT2D eigenvalue weighted by molar-refractivity contribution is -0.112. The Labute approximate surface area is 213 Å². The third kappa shape index (κ3) is 5.75. The molecule has 0 spiro atoms. The lowest BCUT2D eigenvalue weighted by Crippen LogP contribution is -2.13. The Morgan fingerprint density at radius 3 is 2.54 bits per heavy atom. The fraction of sp³-hybridized carbons (Fsp3) is 0.0714. The maximum Gasteiger partial charge on any atom is 0.266 e. The minimum Gasteiger partial charge on any atom is -0.493 e. The van der Waals surface area contributed by atoms with Crippen molar-refractivity contribution in [2.24, 2.45) is 0 Å². The Bertz CT molecular complexity index is 1470. The Morgan fingerprint density at radius 2 is 1.77 bits per heavy atom. The molecule has 4 rings (SSSR count). The summed E-state index contributed by atoms with van der Waals surface area (Å²) in [4.78, 5) is 12.7. The molecule has 0 aliphatic heterocycles. The van der Waals surface area contributed by atoms with Gasteiger partial charge in [-0.05, 0) is 58.3 Å². The molecule has 4 aromatic carbocycles. The summed E-state index contributed by atoms with van der Waals surface area (Å²) in [6.07, 6.45) is 1.48. The Kier molecular flexibility index (Phi) is 7.57. The van der Waals surface area contributed by atoms with Crippen LogP contribution in [0.2, 0.25) is 10.0 Å². The zero-order valence-corrected chi connectivity index (χ0v) is 20.2. The molecule has 0 unspecified atom stereocenters. The molecule has 4 aromatic rings. The highest BCUT2D eigenvalue weighted by Crippen LogP contribution is 2.31. The number of hydrogen-bond donors (Lipinski definition) is 1. The zero-order valence-electron chi connectivity index (χ0n) is 18.7. The Morgan fingerprint density at radius 1 is 0.971 bits per heavy atom. The van der Waals surface area contributed by atoms with Gasteiger partial charge in [0.15, 0.2) is 11.5 Å². The fourth-order valence-electron chi connectivity index (χ4n) is 3.56. The number of nitrogens with one attached hydrogen (secondary N) is 1. The van der Waals surface area contributed by atoms with Gasteiger partial charge in [-0.2, -0.15) is 5.26 Å². The molecule has 1 N–H and O–H groups in total. The second-order valence-corrected chi connectivity index (χ2v) is 8.40. The van der Waals surface area contributed by atoms with Crippen molar-refractivity contribution in [3.63, 3.8) is 0 Å². The van der Waals surface area contributed by atoms with Crippen LogP contribution >= 0.6 is 23.2 Å². The quantitative estimate of drug-likeness (QED) is 0.213. The monoisotopic (exact) mass is 502 g/mol. The first-order chi connectivity index (χ1) is 17.0.